The van der Waals surface area contributed by atoms with Crippen molar-refractivity contribution < 1.29 is 19.1 Å². The van der Waals surface area contributed by atoms with Gasteiger partial charge in [0.15, 0.2) is 0 Å². The molecule has 26 heavy (non-hydrogen) atoms. The van der Waals surface area contributed by atoms with Gasteiger partial charge in [-0.25, -0.2) is 4.79 Å². The maximum atomic E-state index is 12.0. The first-order chi connectivity index (χ1) is 12.2. The van der Waals surface area contributed by atoms with Crippen LogP contribution in [0.1, 0.15) is 53.4 Å². The van der Waals surface area contributed by atoms with Gasteiger partial charge in [0.25, 0.3) is 0 Å². The van der Waals surface area contributed by atoms with Crippen molar-refractivity contribution in [2.45, 2.75) is 59.0 Å². The number of anilines is 2. The second-order valence-electron chi connectivity index (χ2n) is 6.96. The van der Waals surface area contributed by atoms with Gasteiger partial charge in [-0.05, 0) is 45.4 Å². The smallest absolute Gasteiger partial charge is 0.407 e. The molecule has 0 bridgehead atoms. The zero-order chi connectivity index (χ0) is 19.6. The normalized spacial score (nSPS) is 10.8. The number of unbranched alkanes of at least 4 members (excludes halogenated alkanes) is 1. The number of amides is 3. The van der Waals surface area contributed by atoms with Crippen molar-refractivity contribution in [3.05, 3.63) is 24.3 Å². The van der Waals surface area contributed by atoms with Crippen LogP contribution in [0, 0.1) is 0 Å². The van der Waals surface area contributed by atoms with Crippen LogP contribution in [0.2, 0.25) is 0 Å². The van der Waals surface area contributed by atoms with Crippen LogP contribution < -0.4 is 16.0 Å². The Bertz CT molecular complexity index is 623. The quantitative estimate of drug-likeness (QED) is 0.656. The highest BCUT2D eigenvalue weighted by Crippen LogP contribution is 2.16. The van der Waals surface area contributed by atoms with E-state index in [4.69, 9.17) is 4.74 Å². The number of hydrogen-bond donors (Lipinski definition) is 3. The van der Waals surface area contributed by atoms with Crippen molar-refractivity contribution >= 4 is 29.3 Å². The minimum absolute atomic E-state index is 0.0445. The summed E-state index contributed by atoms with van der Waals surface area (Å²) >= 11 is 0. The monoisotopic (exact) mass is 363 g/mol. The summed E-state index contributed by atoms with van der Waals surface area (Å²) in [5, 5.41) is 8.08. The van der Waals surface area contributed by atoms with E-state index in [0.29, 0.717) is 17.8 Å². The molecule has 3 amide bonds. The Morgan fingerprint density at radius 1 is 1.00 bits per heavy atom. The highest BCUT2D eigenvalue weighted by molar-refractivity contribution is 5.94. The molecule has 0 fully saturated rings. The Morgan fingerprint density at radius 3 is 2.12 bits per heavy atom. The fourth-order valence-corrected chi connectivity index (χ4v) is 2.05. The molecule has 7 nitrogen and oxygen atoms in total. The predicted octanol–water partition coefficient (Wildman–Crippen LogP) is 3.67. The molecule has 0 saturated carbocycles. The number of benzene rings is 1. The molecule has 1 aromatic rings. The van der Waals surface area contributed by atoms with Gasteiger partial charge in [0.05, 0.1) is 0 Å². The fourth-order valence-electron chi connectivity index (χ4n) is 2.05. The lowest BCUT2D eigenvalue weighted by molar-refractivity contribution is -0.117. The van der Waals surface area contributed by atoms with Gasteiger partial charge in [-0.2, -0.15) is 0 Å². The maximum Gasteiger partial charge on any atom is 0.407 e. The molecule has 0 heterocycles. The van der Waals surface area contributed by atoms with E-state index in [2.05, 4.69) is 16.0 Å². The summed E-state index contributed by atoms with van der Waals surface area (Å²) in [4.78, 5) is 35.2. The molecule has 0 aliphatic rings. The molecule has 0 aliphatic carbocycles. The summed E-state index contributed by atoms with van der Waals surface area (Å²) in [6.45, 7) is 7.52. The molecule has 1 aromatic carbocycles. The summed E-state index contributed by atoms with van der Waals surface area (Å²) in [6, 6.07) is 6.96. The summed E-state index contributed by atoms with van der Waals surface area (Å²) in [5.74, 6) is -0.285. The second-order valence-corrected chi connectivity index (χ2v) is 6.96. The van der Waals surface area contributed by atoms with Crippen LogP contribution in [-0.4, -0.2) is 30.1 Å². The van der Waals surface area contributed by atoms with Gasteiger partial charge in [0.2, 0.25) is 11.8 Å². The minimum atomic E-state index is -0.575. The van der Waals surface area contributed by atoms with Crippen molar-refractivity contribution in [3.63, 3.8) is 0 Å². The third kappa shape index (κ3) is 9.66. The molecular formula is C19H29N3O4. The van der Waals surface area contributed by atoms with Crippen LogP contribution in [0.5, 0.6) is 0 Å². The van der Waals surface area contributed by atoms with E-state index in [1.54, 1.807) is 45.0 Å². The van der Waals surface area contributed by atoms with Crippen molar-refractivity contribution in [2.75, 3.05) is 17.2 Å². The predicted molar refractivity (Wildman–Crippen MR) is 102 cm³/mol. The molecule has 0 spiro atoms. The lowest BCUT2D eigenvalue weighted by Crippen LogP contribution is -2.34. The van der Waals surface area contributed by atoms with Crippen LogP contribution in [0.4, 0.5) is 16.2 Å². The fraction of sp³-hybridized carbons (Fsp3) is 0.526. The van der Waals surface area contributed by atoms with E-state index < -0.39 is 11.7 Å². The highest BCUT2D eigenvalue weighted by atomic mass is 16.6. The number of ether oxygens (including phenoxy) is 1. The molecule has 3 N–H and O–H groups in total. The molecule has 144 valence electrons. The van der Waals surface area contributed by atoms with E-state index >= 15 is 0 Å². The van der Waals surface area contributed by atoms with Crippen LogP contribution >= 0.6 is 0 Å². The Labute approximate surface area is 154 Å². The first-order valence-electron chi connectivity index (χ1n) is 8.86. The average molecular weight is 363 g/mol. The zero-order valence-corrected chi connectivity index (χ0v) is 16.0. The van der Waals surface area contributed by atoms with E-state index in [1.165, 1.54) is 0 Å². The summed E-state index contributed by atoms with van der Waals surface area (Å²) in [7, 11) is 0. The Balaban J connectivity index is 2.41. The Morgan fingerprint density at radius 2 is 1.58 bits per heavy atom. The summed E-state index contributed by atoms with van der Waals surface area (Å²) in [6.07, 6.45) is 1.84. The number of rotatable bonds is 8. The van der Waals surface area contributed by atoms with Crippen molar-refractivity contribution in [1.82, 2.24) is 5.32 Å². The van der Waals surface area contributed by atoms with Crippen molar-refractivity contribution in [2.24, 2.45) is 0 Å². The number of alkyl carbamates (subject to hydrolysis) is 1. The number of carbonyl (C=O) groups excluding carboxylic acids is 3. The molecular weight excluding hydrogens is 334 g/mol. The Kier molecular flexibility index (Phi) is 8.61. The topological polar surface area (TPSA) is 96.5 Å². The van der Waals surface area contributed by atoms with Crippen LogP contribution in [0.3, 0.4) is 0 Å². The molecule has 0 aliphatic heterocycles. The van der Waals surface area contributed by atoms with Gasteiger partial charge < -0.3 is 20.7 Å². The van der Waals surface area contributed by atoms with E-state index in [0.717, 1.165) is 12.8 Å². The van der Waals surface area contributed by atoms with Crippen LogP contribution in [0.15, 0.2) is 24.3 Å². The molecule has 7 heteroatoms. The summed E-state index contributed by atoms with van der Waals surface area (Å²) in [5.41, 5.74) is 0.644. The van der Waals surface area contributed by atoms with Crippen LogP contribution in [-0.2, 0) is 14.3 Å². The van der Waals surface area contributed by atoms with Gasteiger partial charge in [-0.3, -0.25) is 9.59 Å². The first kappa shape index (κ1) is 21.5. The lowest BCUT2D eigenvalue weighted by Gasteiger charge is -2.19. The molecule has 0 radical (unpaired) electrons. The standard InChI is InChI=1S/C19H29N3O4/c1-5-6-10-16(23)21-14-8-7-9-15(13-14)22-17(24)11-12-20-18(25)26-19(2,3)4/h7-9,13H,5-6,10-12H2,1-4H3,(H,20,25)(H,21,23)(H,22,24). The molecule has 0 atom stereocenters. The van der Waals surface area contributed by atoms with E-state index in [1.807, 2.05) is 6.92 Å². The van der Waals surface area contributed by atoms with Crippen LogP contribution in [0.25, 0.3) is 0 Å². The lowest BCUT2D eigenvalue weighted by atomic mass is 10.2. The van der Waals surface area contributed by atoms with Crippen molar-refractivity contribution in [1.29, 1.82) is 0 Å². The minimum Gasteiger partial charge on any atom is -0.444 e. The third-order valence-electron chi connectivity index (χ3n) is 3.21. The van der Waals surface area contributed by atoms with Gasteiger partial charge in [-0.15, -0.1) is 0 Å². The number of nitrogens with one attached hydrogen (secondary N) is 3. The highest BCUT2D eigenvalue weighted by Gasteiger charge is 2.15. The average Bonchev–Trinajstić information content (AvgIpc) is 2.51. The largest absolute Gasteiger partial charge is 0.444 e. The maximum absolute atomic E-state index is 12.0. The number of carbonyl (C=O) groups is 3. The van der Waals surface area contributed by atoms with Gasteiger partial charge in [0.1, 0.15) is 5.60 Å². The number of hydrogen-bond acceptors (Lipinski definition) is 4. The molecule has 1 rings (SSSR count). The van der Waals surface area contributed by atoms with Gasteiger partial charge >= 0.3 is 6.09 Å². The van der Waals surface area contributed by atoms with Gasteiger partial charge in [0, 0.05) is 30.8 Å². The Hall–Kier alpha value is -2.57. The van der Waals surface area contributed by atoms with Crippen molar-refractivity contribution in [3.8, 4) is 0 Å². The third-order valence-corrected chi connectivity index (χ3v) is 3.21. The molecule has 0 saturated heterocycles. The van der Waals surface area contributed by atoms with E-state index in [9.17, 15) is 14.4 Å². The summed E-state index contributed by atoms with van der Waals surface area (Å²) < 4.78 is 5.10. The molecule has 0 aromatic heterocycles. The molecule has 0 unspecified atom stereocenters. The SMILES string of the molecule is CCCCC(=O)Nc1cccc(NC(=O)CCNC(=O)OC(C)(C)C)c1. The van der Waals surface area contributed by atoms with E-state index in [-0.39, 0.29) is 24.8 Å². The zero-order valence-electron chi connectivity index (χ0n) is 16.0. The first-order valence-corrected chi connectivity index (χ1v) is 8.86. The second kappa shape index (κ2) is 10.4. The van der Waals surface area contributed by atoms with Gasteiger partial charge in [-0.1, -0.05) is 19.4 Å².